The van der Waals surface area contributed by atoms with Gasteiger partial charge < -0.3 is 15.5 Å². The summed E-state index contributed by atoms with van der Waals surface area (Å²) in [5.74, 6) is -0.772. The van der Waals surface area contributed by atoms with Crippen LogP contribution in [-0.4, -0.2) is 61.8 Å². The third-order valence-electron chi connectivity index (χ3n) is 4.60. The first-order chi connectivity index (χ1) is 13.3. The lowest BCUT2D eigenvalue weighted by Gasteiger charge is -2.30. The molecule has 2 aromatic heterocycles. The lowest BCUT2D eigenvalue weighted by Crippen LogP contribution is -2.42. The minimum Gasteiger partial charge on any atom is -0.350 e. The number of hydrogen-bond donors (Lipinski definition) is 2. The first-order valence-corrected chi connectivity index (χ1v) is 9.22. The summed E-state index contributed by atoms with van der Waals surface area (Å²) in [6, 6.07) is 0. The van der Waals surface area contributed by atoms with Gasteiger partial charge in [-0.15, -0.1) is 0 Å². The van der Waals surface area contributed by atoms with Crippen LogP contribution in [0.4, 0.5) is 5.69 Å². The Hall–Kier alpha value is -3.17. The number of rotatable bonds is 6. The normalized spacial score (nSPS) is 13.4. The highest BCUT2D eigenvalue weighted by Crippen LogP contribution is 2.19. The van der Waals surface area contributed by atoms with Crippen molar-refractivity contribution in [1.29, 1.82) is 0 Å². The molecule has 10 heteroatoms. The molecule has 28 heavy (non-hydrogen) atoms. The summed E-state index contributed by atoms with van der Waals surface area (Å²) in [6.07, 6.45) is 3.77. The van der Waals surface area contributed by atoms with Gasteiger partial charge in [-0.25, -0.2) is 0 Å². The first kappa shape index (κ1) is 19.6. The third kappa shape index (κ3) is 3.75. The number of amides is 3. The molecule has 10 nitrogen and oxygen atoms in total. The molecule has 2 N–H and O–H groups in total. The fraction of sp³-hybridized carbons (Fsp3) is 0.500. The number of aryl methyl sites for hydroxylation is 2. The first-order valence-electron chi connectivity index (χ1n) is 9.22. The lowest BCUT2D eigenvalue weighted by molar-refractivity contribution is 0.0648. The van der Waals surface area contributed by atoms with E-state index in [9.17, 15) is 14.4 Å². The smallest absolute Gasteiger partial charge is 0.274 e. The molecule has 3 heterocycles. The number of carbonyl (C=O) groups excluding carboxylic acids is 3. The number of aromatic nitrogens is 4. The van der Waals surface area contributed by atoms with Crippen molar-refractivity contribution in [2.45, 2.75) is 20.3 Å². The Morgan fingerprint density at radius 2 is 1.68 bits per heavy atom. The van der Waals surface area contributed by atoms with E-state index in [1.54, 1.807) is 19.0 Å². The third-order valence-corrected chi connectivity index (χ3v) is 4.60. The monoisotopic (exact) mass is 387 g/mol. The van der Waals surface area contributed by atoms with Gasteiger partial charge in [0.05, 0.1) is 23.6 Å². The van der Waals surface area contributed by atoms with Crippen molar-refractivity contribution in [1.82, 2.24) is 29.8 Å². The average molecular weight is 387 g/mol. The maximum Gasteiger partial charge on any atom is 0.274 e. The summed E-state index contributed by atoms with van der Waals surface area (Å²) in [6.45, 7) is 5.85. The van der Waals surface area contributed by atoms with Crippen LogP contribution in [0.15, 0.2) is 12.4 Å². The van der Waals surface area contributed by atoms with E-state index in [1.807, 2.05) is 13.8 Å². The van der Waals surface area contributed by atoms with Crippen molar-refractivity contribution in [3.8, 4) is 0 Å². The van der Waals surface area contributed by atoms with E-state index < -0.39 is 5.91 Å². The van der Waals surface area contributed by atoms with Crippen molar-refractivity contribution in [3.63, 3.8) is 0 Å². The van der Waals surface area contributed by atoms with E-state index in [0.717, 1.165) is 6.42 Å². The minimum absolute atomic E-state index is 0.147. The largest absolute Gasteiger partial charge is 0.350 e. The summed E-state index contributed by atoms with van der Waals surface area (Å²) >= 11 is 0. The molecule has 3 amide bonds. The molecule has 0 aliphatic carbocycles. The van der Waals surface area contributed by atoms with Crippen molar-refractivity contribution >= 4 is 23.4 Å². The summed E-state index contributed by atoms with van der Waals surface area (Å²) in [5, 5.41) is 13.6. The molecule has 3 rings (SSSR count). The van der Waals surface area contributed by atoms with Gasteiger partial charge in [0.15, 0.2) is 0 Å². The number of hydrogen-bond acceptors (Lipinski definition) is 5. The van der Waals surface area contributed by atoms with Gasteiger partial charge in [-0.2, -0.15) is 10.2 Å². The Bertz CT molecular complexity index is 908. The molecule has 150 valence electrons. The summed E-state index contributed by atoms with van der Waals surface area (Å²) in [4.78, 5) is 39.6. The van der Waals surface area contributed by atoms with Gasteiger partial charge in [0.1, 0.15) is 11.4 Å². The Balaban J connectivity index is 1.82. The van der Waals surface area contributed by atoms with Gasteiger partial charge in [-0.3, -0.25) is 23.7 Å². The van der Waals surface area contributed by atoms with Crippen LogP contribution in [0.3, 0.4) is 0 Å². The SMILES string of the molecule is CC(C)CNC(=O)c1c(NC(=O)c2c(C(=O)N3CCC3)cnn2C)cnn1C. The van der Waals surface area contributed by atoms with Crippen molar-refractivity contribution in [3.05, 3.63) is 29.3 Å². The minimum atomic E-state index is -0.519. The molecular weight excluding hydrogens is 362 g/mol. The molecule has 0 bridgehead atoms. The van der Waals surface area contributed by atoms with Gasteiger partial charge >= 0.3 is 0 Å². The van der Waals surface area contributed by atoms with Crippen molar-refractivity contribution < 1.29 is 14.4 Å². The number of anilines is 1. The van der Waals surface area contributed by atoms with Crippen molar-refractivity contribution in [2.24, 2.45) is 20.0 Å². The molecule has 0 atom stereocenters. The molecule has 1 aliphatic heterocycles. The van der Waals surface area contributed by atoms with E-state index in [4.69, 9.17) is 0 Å². The van der Waals surface area contributed by atoms with Crippen LogP contribution >= 0.6 is 0 Å². The maximum absolute atomic E-state index is 12.9. The van der Waals surface area contributed by atoms with E-state index in [2.05, 4.69) is 20.8 Å². The zero-order chi connectivity index (χ0) is 20.4. The topological polar surface area (TPSA) is 114 Å². The molecular formula is C18H25N7O3. The standard InChI is InChI=1S/C18H25N7O3/c1-11(2)8-19-16(26)15-13(10-21-24(15)4)22-17(27)14-12(9-20-23(14)3)18(28)25-6-5-7-25/h9-11H,5-8H2,1-4H3,(H,19,26)(H,22,27). The van der Waals surface area contributed by atoms with Crippen LogP contribution in [-0.2, 0) is 14.1 Å². The molecule has 0 aromatic carbocycles. The van der Waals surface area contributed by atoms with Gasteiger partial charge in [-0.1, -0.05) is 13.8 Å². The second-order valence-electron chi connectivity index (χ2n) is 7.26. The second kappa shape index (κ2) is 7.83. The lowest BCUT2D eigenvalue weighted by atomic mass is 10.1. The molecule has 1 fully saturated rings. The van der Waals surface area contributed by atoms with Gasteiger partial charge in [0.2, 0.25) is 0 Å². The predicted octanol–water partition coefficient (Wildman–Crippen LogP) is 0.638. The van der Waals surface area contributed by atoms with Crippen LogP contribution in [0.2, 0.25) is 0 Å². The molecule has 0 unspecified atom stereocenters. The second-order valence-corrected chi connectivity index (χ2v) is 7.26. The molecule has 0 saturated carbocycles. The molecule has 2 aromatic rings. The molecule has 0 radical (unpaired) electrons. The van der Waals surface area contributed by atoms with Crippen LogP contribution in [0.1, 0.15) is 51.6 Å². The fourth-order valence-electron chi connectivity index (χ4n) is 2.91. The highest BCUT2D eigenvalue weighted by molar-refractivity contribution is 6.12. The zero-order valence-corrected chi connectivity index (χ0v) is 16.5. The van der Waals surface area contributed by atoms with Crippen LogP contribution in [0.5, 0.6) is 0 Å². The van der Waals surface area contributed by atoms with E-state index >= 15 is 0 Å². The Morgan fingerprint density at radius 3 is 2.29 bits per heavy atom. The molecule has 0 spiro atoms. The number of likely N-dealkylation sites (tertiary alicyclic amines) is 1. The van der Waals surface area contributed by atoms with Gasteiger partial charge in [-0.05, 0) is 12.3 Å². The van der Waals surface area contributed by atoms with Gasteiger partial charge in [0, 0.05) is 33.7 Å². The van der Waals surface area contributed by atoms with E-state index in [0.29, 0.717) is 25.6 Å². The van der Waals surface area contributed by atoms with Crippen LogP contribution in [0, 0.1) is 5.92 Å². The fourth-order valence-corrected chi connectivity index (χ4v) is 2.91. The highest BCUT2D eigenvalue weighted by Gasteiger charge is 2.29. The van der Waals surface area contributed by atoms with Gasteiger partial charge in [0.25, 0.3) is 17.7 Å². The van der Waals surface area contributed by atoms with Crippen LogP contribution < -0.4 is 10.6 Å². The quantitative estimate of drug-likeness (QED) is 0.755. The Kier molecular flexibility index (Phi) is 5.48. The predicted molar refractivity (Wildman–Crippen MR) is 102 cm³/mol. The number of nitrogens with zero attached hydrogens (tertiary/aromatic N) is 5. The summed E-state index contributed by atoms with van der Waals surface area (Å²) in [7, 11) is 3.23. The molecule has 1 aliphatic rings. The Labute approximate surface area is 162 Å². The highest BCUT2D eigenvalue weighted by atomic mass is 16.2. The average Bonchev–Trinajstić information content (AvgIpc) is 3.14. The van der Waals surface area contributed by atoms with Crippen LogP contribution in [0.25, 0.3) is 0 Å². The zero-order valence-electron chi connectivity index (χ0n) is 16.5. The van der Waals surface area contributed by atoms with Crippen molar-refractivity contribution in [2.75, 3.05) is 25.0 Å². The summed E-state index contributed by atoms with van der Waals surface area (Å²) in [5.41, 5.74) is 0.910. The summed E-state index contributed by atoms with van der Waals surface area (Å²) < 4.78 is 2.76. The number of nitrogens with one attached hydrogen (secondary N) is 2. The number of carbonyl (C=O) groups is 3. The Morgan fingerprint density at radius 1 is 1.04 bits per heavy atom. The maximum atomic E-state index is 12.9. The van der Waals surface area contributed by atoms with E-state index in [-0.39, 0.29) is 34.5 Å². The molecule has 1 saturated heterocycles. The van der Waals surface area contributed by atoms with E-state index in [1.165, 1.54) is 21.8 Å².